The van der Waals surface area contributed by atoms with Crippen LogP contribution in [-0.2, 0) is 6.18 Å². The Balaban J connectivity index is 1.54. The number of halogens is 3. The first-order valence-electron chi connectivity index (χ1n) is 10.3. The highest BCUT2D eigenvalue weighted by Crippen LogP contribution is 2.35. The van der Waals surface area contributed by atoms with Crippen LogP contribution in [0.1, 0.15) is 34.7 Å². The summed E-state index contributed by atoms with van der Waals surface area (Å²) in [5, 5.41) is 4.41. The molecule has 10 heteroatoms. The molecule has 0 spiro atoms. The molecule has 33 heavy (non-hydrogen) atoms. The second kappa shape index (κ2) is 7.58. The molecule has 1 amide bonds. The molecule has 5 rings (SSSR count). The summed E-state index contributed by atoms with van der Waals surface area (Å²) in [6, 6.07) is 9.92. The zero-order chi connectivity index (χ0) is 23.3. The molecule has 7 nitrogen and oxygen atoms in total. The lowest BCUT2D eigenvalue weighted by atomic mass is 10.1. The number of amides is 1. The molecule has 0 radical (unpaired) electrons. The molecular weight excluding hydrogens is 433 g/mol. The number of carbonyl (C=O) groups is 1. The number of imidazole rings is 1. The third-order valence-corrected chi connectivity index (χ3v) is 5.66. The van der Waals surface area contributed by atoms with Crippen LogP contribution < -0.4 is 4.90 Å². The number of aromatic nitrogens is 5. The molecule has 0 saturated carbocycles. The van der Waals surface area contributed by atoms with E-state index >= 15 is 0 Å². The van der Waals surface area contributed by atoms with E-state index in [4.69, 9.17) is 0 Å². The summed E-state index contributed by atoms with van der Waals surface area (Å²) >= 11 is 0. The van der Waals surface area contributed by atoms with E-state index in [1.54, 1.807) is 17.1 Å². The van der Waals surface area contributed by atoms with Gasteiger partial charge in [0.25, 0.3) is 5.91 Å². The molecule has 1 unspecified atom stereocenters. The minimum atomic E-state index is -4.44. The van der Waals surface area contributed by atoms with Gasteiger partial charge in [0.2, 0.25) is 0 Å². The van der Waals surface area contributed by atoms with Crippen molar-refractivity contribution < 1.29 is 18.0 Å². The fraction of sp³-hybridized carbons (Fsp3) is 0.217. The number of alkyl halides is 3. The van der Waals surface area contributed by atoms with Gasteiger partial charge in [-0.1, -0.05) is 6.07 Å². The van der Waals surface area contributed by atoms with Crippen molar-refractivity contribution in [2.45, 2.75) is 26.1 Å². The van der Waals surface area contributed by atoms with Crippen LogP contribution in [0, 0.1) is 6.92 Å². The number of anilines is 1. The van der Waals surface area contributed by atoms with Crippen LogP contribution in [0.4, 0.5) is 18.9 Å². The molecule has 4 aromatic rings. The van der Waals surface area contributed by atoms with Gasteiger partial charge in [-0.2, -0.15) is 18.3 Å². The third-order valence-electron chi connectivity index (χ3n) is 5.66. The van der Waals surface area contributed by atoms with Gasteiger partial charge in [-0.25, -0.2) is 4.98 Å². The van der Waals surface area contributed by atoms with E-state index < -0.39 is 11.7 Å². The number of rotatable bonds is 3. The highest BCUT2D eigenvalue weighted by Gasteiger charge is 2.36. The summed E-state index contributed by atoms with van der Waals surface area (Å²) in [5.74, 6) is 0.223. The number of aryl methyl sites for hydroxylation is 1. The molecule has 1 N–H and O–H groups in total. The number of fused-ring (bicyclic) bond motifs is 1. The summed E-state index contributed by atoms with van der Waals surface area (Å²) in [4.78, 5) is 27.1. The number of carbonyl (C=O) groups excluding carboxylic acids is 1. The van der Waals surface area contributed by atoms with E-state index in [9.17, 15) is 18.0 Å². The maximum atomic E-state index is 13.5. The molecule has 4 heterocycles. The molecule has 0 saturated heterocycles. The van der Waals surface area contributed by atoms with Crippen molar-refractivity contribution >= 4 is 11.6 Å². The molecule has 0 fully saturated rings. The number of nitrogens with one attached hydrogen (secondary N) is 1. The van der Waals surface area contributed by atoms with E-state index in [0.29, 0.717) is 34.2 Å². The smallest absolute Gasteiger partial charge is 0.340 e. The van der Waals surface area contributed by atoms with E-state index in [2.05, 4.69) is 20.1 Å². The van der Waals surface area contributed by atoms with E-state index in [1.807, 2.05) is 32.0 Å². The Bertz CT molecular complexity index is 1320. The number of hydrogen-bond acceptors (Lipinski definition) is 4. The van der Waals surface area contributed by atoms with Gasteiger partial charge in [0, 0.05) is 24.1 Å². The van der Waals surface area contributed by atoms with Crippen LogP contribution in [-0.4, -0.2) is 37.2 Å². The minimum absolute atomic E-state index is 0.178. The molecule has 168 valence electrons. The Morgan fingerprint density at radius 2 is 1.88 bits per heavy atom. The van der Waals surface area contributed by atoms with Gasteiger partial charge in [0.1, 0.15) is 11.4 Å². The summed E-state index contributed by atoms with van der Waals surface area (Å²) in [6.07, 6.45) is -1.17. The van der Waals surface area contributed by atoms with Crippen molar-refractivity contribution in [3.8, 4) is 22.8 Å². The molecule has 1 aliphatic heterocycles. The molecule has 0 bridgehead atoms. The Hall–Kier alpha value is -3.95. The number of H-pyrrole nitrogens is 1. The maximum Gasteiger partial charge on any atom is 0.416 e. The van der Waals surface area contributed by atoms with E-state index in [-0.39, 0.29) is 18.5 Å². The first kappa shape index (κ1) is 20.9. The first-order chi connectivity index (χ1) is 15.7. The van der Waals surface area contributed by atoms with Crippen LogP contribution in [0.15, 0.2) is 54.9 Å². The predicted molar refractivity (Wildman–Crippen MR) is 116 cm³/mol. The van der Waals surface area contributed by atoms with E-state index in [0.717, 1.165) is 17.8 Å². The summed E-state index contributed by atoms with van der Waals surface area (Å²) in [6.45, 7) is 4.04. The molecule has 1 atom stereocenters. The van der Waals surface area contributed by atoms with Crippen LogP contribution in [0.3, 0.4) is 0 Å². The second-order valence-electron chi connectivity index (χ2n) is 7.93. The average molecular weight is 452 g/mol. The number of nitrogens with zero attached hydrogens (tertiary/aromatic N) is 5. The largest absolute Gasteiger partial charge is 0.416 e. The van der Waals surface area contributed by atoms with Crippen LogP contribution in [0.2, 0.25) is 0 Å². The lowest BCUT2D eigenvalue weighted by Gasteiger charge is -2.32. The van der Waals surface area contributed by atoms with E-state index in [1.165, 1.54) is 17.0 Å². The third kappa shape index (κ3) is 3.57. The van der Waals surface area contributed by atoms with Crippen molar-refractivity contribution in [2.75, 3.05) is 11.4 Å². The Labute approximate surface area is 186 Å². The van der Waals surface area contributed by atoms with Crippen molar-refractivity contribution in [1.82, 2.24) is 24.7 Å². The van der Waals surface area contributed by atoms with Crippen molar-refractivity contribution in [3.05, 3.63) is 71.8 Å². The fourth-order valence-electron chi connectivity index (χ4n) is 4.04. The fourth-order valence-corrected chi connectivity index (χ4v) is 4.04. The van der Waals surface area contributed by atoms with Gasteiger partial charge in [0.05, 0.1) is 29.1 Å². The number of aromatic amines is 1. The van der Waals surface area contributed by atoms with Gasteiger partial charge in [-0.15, -0.1) is 0 Å². The Kier molecular flexibility index (Phi) is 4.80. The second-order valence-corrected chi connectivity index (χ2v) is 7.93. The van der Waals surface area contributed by atoms with Gasteiger partial charge in [-0.05, 0) is 50.2 Å². The van der Waals surface area contributed by atoms with Crippen molar-refractivity contribution in [3.63, 3.8) is 0 Å². The highest BCUT2D eigenvalue weighted by atomic mass is 19.4. The van der Waals surface area contributed by atoms with Gasteiger partial charge in [0.15, 0.2) is 5.82 Å². The molecular formula is C23H19F3N6O. The van der Waals surface area contributed by atoms with Crippen LogP contribution >= 0.6 is 0 Å². The molecule has 0 aliphatic carbocycles. The van der Waals surface area contributed by atoms with Gasteiger partial charge >= 0.3 is 6.18 Å². The summed E-state index contributed by atoms with van der Waals surface area (Å²) < 4.78 is 40.5. The Morgan fingerprint density at radius 1 is 1.12 bits per heavy atom. The SMILES string of the molecule is Cc1[nH]c(-c2ccccn2)nc1-c1cnn2c1C(=O)N(c1ccc(C(F)(F)F)cc1)CC2C. The van der Waals surface area contributed by atoms with Crippen LogP contribution in [0.5, 0.6) is 0 Å². The molecule has 1 aliphatic rings. The topological polar surface area (TPSA) is 79.7 Å². The summed E-state index contributed by atoms with van der Waals surface area (Å²) in [5.41, 5.74) is 2.52. The normalized spacial score (nSPS) is 16.2. The minimum Gasteiger partial charge on any atom is -0.340 e. The predicted octanol–water partition coefficient (Wildman–Crippen LogP) is 4.88. The monoisotopic (exact) mass is 452 g/mol. The first-order valence-corrected chi connectivity index (χ1v) is 10.3. The Morgan fingerprint density at radius 3 is 2.55 bits per heavy atom. The molecule has 3 aromatic heterocycles. The van der Waals surface area contributed by atoms with Gasteiger partial charge in [-0.3, -0.25) is 14.5 Å². The molecule has 1 aromatic carbocycles. The number of benzene rings is 1. The zero-order valence-corrected chi connectivity index (χ0v) is 17.8. The zero-order valence-electron chi connectivity index (χ0n) is 17.8. The lowest BCUT2D eigenvalue weighted by molar-refractivity contribution is -0.137. The average Bonchev–Trinajstić information content (AvgIpc) is 3.40. The summed E-state index contributed by atoms with van der Waals surface area (Å²) in [7, 11) is 0. The lowest BCUT2D eigenvalue weighted by Crippen LogP contribution is -2.42. The van der Waals surface area contributed by atoms with Crippen molar-refractivity contribution in [1.29, 1.82) is 0 Å². The van der Waals surface area contributed by atoms with Crippen LogP contribution in [0.25, 0.3) is 22.8 Å². The quantitative estimate of drug-likeness (QED) is 0.480. The number of hydrogen-bond donors (Lipinski definition) is 1. The van der Waals surface area contributed by atoms with Gasteiger partial charge < -0.3 is 9.88 Å². The number of pyridine rings is 1. The standard InChI is InChI=1S/C23H19F3N6O/c1-13-12-31(16-8-6-15(7-9-16)23(24,25)26)22(33)20-17(11-28-32(13)20)19-14(2)29-21(30-19)18-5-3-4-10-27-18/h3-11,13H,12H2,1-2H3,(H,29,30). The maximum absolute atomic E-state index is 13.5. The highest BCUT2D eigenvalue weighted by molar-refractivity contribution is 6.09. The van der Waals surface area contributed by atoms with Crippen molar-refractivity contribution in [2.24, 2.45) is 0 Å².